The third kappa shape index (κ3) is 5.25. The summed E-state index contributed by atoms with van der Waals surface area (Å²) in [5.74, 6) is -1.92. The highest BCUT2D eigenvalue weighted by molar-refractivity contribution is 5.31. The molecule has 0 atom stereocenters. The Kier molecular flexibility index (Phi) is 6.55. The van der Waals surface area contributed by atoms with Crippen LogP contribution < -0.4 is 10.1 Å². The molecule has 0 aliphatic rings. The van der Waals surface area contributed by atoms with Crippen LogP contribution in [0, 0.1) is 11.6 Å². The highest BCUT2D eigenvalue weighted by atomic mass is 19.1. The van der Waals surface area contributed by atoms with Gasteiger partial charge in [-0.25, -0.2) is 8.78 Å². The lowest BCUT2D eigenvalue weighted by Crippen LogP contribution is -2.34. The Labute approximate surface area is 125 Å². The third-order valence-electron chi connectivity index (χ3n) is 3.57. The Bertz CT molecular complexity index is 437. The first-order chi connectivity index (χ1) is 9.81. The zero-order chi connectivity index (χ0) is 16.0. The summed E-state index contributed by atoms with van der Waals surface area (Å²) in [6.45, 7) is 7.79. The van der Waals surface area contributed by atoms with Crippen molar-refractivity contribution in [1.29, 1.82) is 0 Å². The van der Waals surface area contributed by atoms with Crippen LogP contribution in [0.3, 0.4) is 0 Å². The van der Waals surface area contributed by atoms with E-state index < -0.39 is 23.0 Å². The fourth-order valence-corrected chi connectivity index (χ4v) is 1.83. The number of aliphatic hydroxyl groups is 1. The average molecular weight is 301 g/mol. The summed E-state index contributed by atoms with van der Waals surface area (Å²) in [5, 5.41) is 13.2. The van der Waals surface area contributed by atoms with E-state index in [1.807, 2.05) is 13.8 Å². The highest BCUT2D eigenvalue weighted by Crippen LogP contribution is 2.25. The van der Waals surface area contributed by atoms with Gasteiger partial charge in [0.15, 0.2) is 17.4 Å². The molecule has 0 unspecified atom stereocenters. The van der Waals surface area contributed by atoms with E-state index in [1.165, 1.54) is 12.1 Å². The maximum Gasteiger partial charge on any atom is 0.190 e. The first-order valence-electron chi connectivity index (χ1n) is 7.37. The standard InChI is InChI=1S/C16H25F2NO2/c1-5-16(20,6-2)10-21-15-13(17)7-12(8-14(15)18)9-19-11(3)4/h7-8,11,19-20H,5-6,9-10H2,1-4H3. The van der Waals surface area contributed by atoms with Crippen LogP contribution in [0.2, 0.25) is 0 Å². The molecule has 3 nitrogen and oxygen atoms in total. The summed E-state index contributed by atoms with van der Waals surface area (Å²) >= 11 is 0. The van der Waals surface area contributed by atoms with Gasteiger partial charge in [-0.1, -0.05) is 27.7 Å². The van der Waals surface area contributed by atoms with Crippen LogP contribution in [-0.4, -0.2) is 23.4 Å². The van der Waals surface area contributed by atoms with Crippen molar-refractivity contribution in [3.05, 3.63) is 29.3 Å². The van der Waals surface area contributed by atoms with Gasteiger partial charge < -0.3 is 15.2 Å². The van der Waals surface area contributed by atoms with Gasteiger partial charge in [0.1, 0.15) is 6.61 Å². The molecule has 0 fully saturated rings. The Hall–Kier alpha value is -1.20. The Morgan fingerprint density at radius 2 is 1.71 bits per heavy atom. The molecule has 2 N–H and O–H groups in total. The molecule has 0 radical (unpaired) electrons. The molecule has 21 heavy (non-hydrogen) atoms. The van der Waals surface area contributed by atoms with Crippen LogP contribution >= 0.6 is 0 Å². The molecular weight excluding hydrogens is 276 g/mol. The number of benzene rings is 1. The first kappa shape index (κ1) is 17.9. The van der Waals surface area contributed by atoms with Crippen LogP contribution in [0.15, 0.2) is 12.1 Å². The molecule has 1 rings (SSSR count). The van der Waals surface area contributed by atoms with Crippen LogP contribution in [0.4, 0.5) is 8.78 Å². The normalized spacial score (nSPS) is 12.0. The quantitative estimate of drug-likeness (QED) is 0.773. The van der Waals surface area contributed by atoms with E-state index in [4.69, 9.17) is 4.74 Å². The molecule has 0 saturated carbocycles. The minimum Gasteiger partial charge on any atom is -0.485 e. The summed E-state index contributed by atoms with van der Waals surface area (Å²) in [4.78, 5) is 0. The lowest BCUT2D eigenvalue weighted by Gasteiger charge is -2.25. The van der Waals surface area contributed by atoms with Crippen molar-refractivity contribution in [2.75, 3.05) is 6.61 Å². The van der Waals surface area contributed by atoms with Gasteiger partial charge >= 0.3 is 0 Å². The van der Waals surface area contributed by atoms with E-state index in [-0.39, 0.29) is 12.6 Å². The second-order valence-electron chi connectivity index (χ2n) is 5.64. The lowest BCUT2D eigenvalue weighted by molar-refractivity contribution is -0.0133. The average Bonchev–Trinajstić information content (AvgIpc) is 2.43. The van der Waals surface area contributed by atoms with Crippen molar-refractivity contribution in [2.24, 2.45) is 0 Å². The maximum absolute atomic E-state index is 13.9. The number of hydrogen-bond acceptors (Lipinski definition) is 3. The van der Waals surface area contributed by atoms with Gasteiger partial charge in [0, 0.05) is 12.6 Å². The molecule has 0 heterocycles. The molecule has 0 saturated heterocycles. The Morgan fingerprint density at radius 1 is 1.19 bits per heavy atom. The zero-order valence-electron chi connectivity index (χ0n) is 13.2. The van der Waals surface area contributed by atoms with Gasteiger partial charge in [0.05, 0.1) is 5.60 Å². The molecule has 1 aromatic carbocycles. The lowest BCUT2D eigenvalue weighted by atomic mass is 9.99. The van der Waals surface area contributed by atoms with Crippen LogP contribution in [-0.2, 0) is 6.54 Å². The second-order valence-corrected chi connectivity index (χ2v) is 5.64. The number of ether oxygens (including phenoxy) is 1. The maximum atomic E-state index is 13.9. The van der Waals surface area contributed by atoms with Gasteiger partial charge in [0.25, 0.3) is 0 Å². The van der Waals surface area contributed by atoms with E-state index in [9.17, 15) is 13.9 Å². The molecule has 120 valence electrons. The number of nitrogens with one attached hydrogen (secondary N) is 1. The molecule has 0 spiro atoms. The molecule has 1 aromatic rings. The van der Waals surface area contributed by atoms with Crippen molar-refractivity contribution in [3.63, 3.8) is 0 Å². The molecule has 0 bridgehead atoms. The van der Waals surface area contributed by atoms with E-state index in [1.54, 1.807) is 13.8 Å². The summed E-state index contributed by atoms with van der Waals surface area (Å²) in [6.07, 6.45) is 0.923. The monoisotopic (exact) mass is 301 g/mol. The van der Waals surface area contributed by atoms with E-state index in [0.717, 1.165) is 0 Å². The van der Waals surface area contributed by atoms with E-state index in [2.05, 4.69) is 5.32 Å². The molecule has 0 aliphatic carbocycles. The molecular formula is C16H25F2NO2. The third-order valence-corrected chi connectivity index (χ3v) is 3.57. The van der Waals surface area contributed by atoms with Crippen LogP contribution in [0.1, 0.15) is 46.1 Å². The van der Waals surface area contributed by atoms with E-state index >= 15 is 0 Å². The number of hydrogen-bond donors (Lipinski definition) is 2. The van der Waals surface area contributed by atoms with Gasteiger partial charge in [-0.2, -0.15) is 0 Å². The summed E-state index contributed by atoms with van der Waals surface area (Å²) in [6, 6.07) is 2.74. The SMILES string of the molecule is CCC(O)(CC)COc1c(F)cc(CNC(C)C)cc1F. The molecule has 0 amide bonds. The largest absolute Gasteiger partial charge is 0.485 e. The van der Waals surface area contributed by atoms with Crippen LogP contribution in [0.25, 0.3) is 0 Å². The van der Waals surface area contributed by atoms with Crippen LogP contribution in [0.5, 0.6) is 5.75 Å². The van der Waals surface area contributed by atoms with Gasteiger partial charge in [-0.15, -0.1) is 0 Å². The van der Waals surface area contributed by atoms with Crippen molar-refractivity contribution >= 4 is 0 Å². The Balaban J connectivity index is 2.80. The fraction of sp³-hybridized carbons (Fsp3) is 0.625. The Morgan fingerprint density at radius 3 is 2.14 bits per heavy atom. The van der Waals surface area contributed by atoms with Gasteiger partial charge in [-0.3, -0.25) is 0 Å². The minimum atomic E-state index is -1.06. The van der Waals surface area contributed by atoms with Crippen molar-refractivity contribution in [2.45, 2.75) is 58.7 Å². The predicted octanol–water partition coefficient (Wildman–Crippen LogP) is 3.39. The van der Waals surface area contributed by atoms with Crippen molar-refractivity contribution in [3.8, 4) is 5.75 Å². The highest BCUT2D eigenvalue weighted by Gasteiger charge is 2.25. The predicted molar refractivity (Wildman–Crippen MR) is 79.4 cm³/mol. The summed E-state index contributed by atoms with van der Waals surface area (Å²) in [5.41, 5.74) is -0.538. The van der Waals surface area contributed by atoms with Crippen molar-refractivity contribution < 1.29 is 18.6 Å². The number of halogens is 2. The minimum absolute atomic E-state index is 0.128. The summed E-state index contributed by atoms with van der Waals surface area (Å²) in [7, 11) is 0. The fourth-order valence-electron chi connectivity index (χ4n) is 1.83. The topological polar surface area (TPSA) is 41.5 Å². The molecule has 0 aliphatic heterocycles. The summed E-state index contributed by atoms with van der Waals surface area (Å²) < 4.78 is 33.1. The first-order valence-corrected chi connectivity index (χ1v) is 7.37. The molecule has 5 heteroatoms. The smallest absolute Gasteiger partial charge is 0.190 e. The molecule has 0 aromatic heterocycles. The van der Waals surface area contributed by atoms with Gasteiger partial charge in [0.2, 0.25) is 0 Å². The van der Waals surface area contributed by atoms with Crippen molar-refractivity contribution in [1.82, 2.24) is 5.32 Å². The zero-order valence-corrected chi connectivity index (χ0v) is 13.2. The second kappa shape index (κ2) is 7.71. The number of rotatable bonds is 8. The van der Waals surface area contributed by atoms with E-state index in [0.29, 0.717) is 24.9 Å². The van der Waals surface area contributed by atoms with Gasteiger partial charge in [-0.05, 0) is 30.5 Å².